The molecule has 0 bridgehead atoms. The van der Waals surface area contributed by atoms with Gasteiger partial charge >= 0.3 is 0 Å². The Hall–Kier alpha value is -1.07. The van der Waals surface area contributed by atoms with Crippen LogP contribution < -0.4 is 5.32 Å². The molecule has 1 saturated carbocycles. The fourth-order valence-electron chi connectivity index (χ4n) is 2.58. The van der Waals surface area contributed by atoms with Crippen LogP contribution in [-0.4, -0.2) is 5.91 Å². The summed E-state index contributed by atoms with van der Waals surface area (Å²) in [7, 11) is 0. The van der Waals surface area contributed by atoms with Crippen molar-refractivity contribution >= 4 is 37.8 Å². The molecular weight excluding hydrogens is 398 g/mol. The van der Waals surface area contributed by atoms with Gasteiger partial charge in [0.2, 0.25) is 0 Å². The average molecular weight is 413 g/mol. The molecule has 0 spiro atoms. The normalized spacial score (nSPS) is 15.8. The molecule has 1 aliphatic rings. The molecule has 0 radical (unpaired) electrons. The van der Waals surface area contributed by atoms with E-state index in [-0.39, 0.29) is 11.4 Å². The van der Waals surface area contributed by atoms with Crippen LogP contribution in [-0.2, 0) is 5.54 Å². The highest BCUT2D eigenvalue weighted by molar-refractivity contribution is 9.10. The molecule has 1 aromatic heterocycles. The van der Waals surface area contributed by atoms with Gasteiger partial charge in [0, 0.05) is 4.47 Å². The van der Waals surface area contributed by atoms with E-state index in [0.29, 0.717) is 11.3 Å². The van der Waals surface area contributed by atoms with Gasteiger partial charge in [0.1, 0.15) is 11.5 Å². The lowest BCUT2D eigenvalue weighted by atomic mass is 10.0. The van der Waals surface area contributed by atoms with Crippen molar-refractivity contribution in [2.75, 3.05) is 0 Å². The number of carbonyl (C=O) groups excluding carboxylic acids is 1. The number of nitrogens with one attached hydrogen (secondary N) is 1. The van der Waals surface area contributed by atoms with Gasteiger partial charge in [-0.25, -0.2) is 0 Å². The zero-order valence-electron chi connectivity index (χ0n) is 11.8. The van der Waals surface area contributed by atoms with E-state index in [0.717, 1.165) is 33.1 Å². The first kappa shape index (κ1) is 14.9. The molecule has 21 heavy (non-hydrogen) atoms. The maximum Gasteiger partial charge on any atom is 0.256 e. The molecule has 0 unspecified atom stereocenters. The van der Waals surface area contributed by atoms with Crippen LogP contribution in [0, 0.1) is 13.8 Å². The zero-order valence-corrected chi connectivity index (χ0v) is 15.0. The lowest BCUT2D eigenvalue weighted by Crippen LogP contribution is -2.35. The number of rotatable bonds is 3. The average Bonchev–Trinajstić information content (AvgIpc) is 3.14. The van der Waals surface area contributed by atoms with Gasteiger partial charge in [0.25, 0.3) is 5.91 Å². The molecule has 1 aromatic carbocycles. The van der Waals surface area contributed by atoms with Crippen LogP contribution in [0.25, 0.3) is 0 Å². The Morgan fingerprint density at radius 3 is 2.24 bits per heavy atom. The number of furan rings is 1. The summed E-state index contributed by atoms with van der Waals surface area (Å²) in [5, 5.41) is 3.17. The number of hydrogen-bond donors (Lipinski definition) is 1. The van der Waals surface area contributed by atoms with E-state index in [1.807, 2.05) is 26.0 Å². The molecule has 3 rings (SSSR count). The van der Waals surface area contributed by atoms with E-state index in [2.05, 4.69) is 49.3 Å². The molecule has 0 atom stereocenters. The summed E-state index contributed by atoms with van der Waals surface area (Å²) in [6.45, 7) is 3.65. The number of amides is 1. The predicted octanol–water partition coefficient (Wildman–Crippen LogP) is 4.84. The van der Waals surface area contributed by atoms with Crippen molar-refractivity contribution in [1.82, 2.24) is 5.32 Å². The first-order chi connectivity index (χ1) is 9.93. The molecule has 0 saturated heterocycles. The highest BCUT2D eigenvalue weighted by atomic mass is 79.9. The first-order valence-corrected chi connectivity index (χ1v) is 8.35. The molecule has 1 aliphatic carbocycles. The van der Waals surface area contributed by atoms with Crippen LogP contribution in [0.5, 0.6) is 0 Å². The molecule has 1 amide bonds. The first-order valence-electron chi connectivity index (χ1n) is 6.77. The third-order valence-corrected chi connectivity index (χ3v) is 5.40. The monoisotopic (exact) mass is 411 g/mol. The van der Waals surface area contributed by atoms with Crippen molar-refractivity contribution in [3.63, 3.8) is 0 Å². The van der Waals surface area contributed by atoms with Crippen LogP contribution in [0.4, 0.5) is 0 Å². The molecule has 110 valence electrons. The van der Waals surface area contributed by atoms with Crippen molar-refractivity contribution in [2.24, 2.45) is 0 Å². The van der Waals surface area contributed by atoms with E-state index in [9.17, 15) is 4.79 Å². The summed E-state index contributed by atoms with van der Waals surface area (Å²) in [6.07, 6.45) is 1.93. The minimum Gasteiger partial charge on any atom is -0.465 e. The second kappa shape index (κ2) is 5.29. The number of halogens is 2. The Kier molecular flexibility index (Phi) is 3.74. The van der Waals surface area contributed by atoms with Crippen LogP contribution in [0.2, 0.25) is 0 Å². The van der Waals surface area contributed by atoms with Gasteiger partial charge in [-0.2, -0.15) is 0 Å². The second-order valence-electron chi connectivity index (χ2n) is 5.45. The summed E-state index contributed by atoms with van der Waals surface area (Å²) in [5.74, 6) is 1.28. The van der Waals surface area contributed by atoms with Crippen LogP contribution in [0.15, 0.2) is 37.6 Å². The van der Waals surface area contributed by atoms with Gasteiger partial charge < -0.3 is 9.73 Å². The standard InChI is InChI=1S/C16H15Br2NO2/c1-9-13(14(18)10(2)21-9)15(20)19-16(7-8-16)11-3-5-12(17)6-4-11/h3-6H,7-8H2,1-2H3,(H,19,20). The van der Waals surface area contributed by atoms with E-state index in [1.165, 1.54) is 0 Å². The number of hydrogen-bond acceptors (Lipinski definition) is 2. The van der Waals surface area contributed by atoms with E-state index < -0.39 is 0 Å². The third kappa shape index (κ3) is 2.69. The Morgan fingerprint density at radius 2 is 1.76 bits per heavy atom. The van der Waals surface area contributed by atoms with Crippen LogP contribution in [0.3, 0.4) is 0 Å². The third-order valence-electron chi connectivity index (χ3n) is 3.91. The fourth-order valence-corrected chi connectivity index (χ4v) is 3.38. The van der Waals surface area contributed by atoms with Gasteiger partial charge in [-0.05, 0) is 60.3 Å². The molecule has 0 aliphatic heterocycles. The summed E-state index contributed by atoms with van der Waals surface area (Å²) in [6, 6.07) is 8.12. The predicted molar refractivity (Wildman–Crippen MR) is 88.4 cm³/mol. The van der Waals surface area contributed by atoms with E-state index in [1.54, 1.807) is 0 Å². The summed E-state index contributed by atoms with van der Waals surface area (Å²) in [5.41, 5.74) is 1.51. The maximum absolute atomic E-state index is 12.6. The molecule has 1 N–H and O–H groups in total. The zero-order chi connectivity index (χ0) is 15.2. The number of aryl methyl sites for hydroxylation is 2. The van der Waals surface area contributed by atoms with Gasteiger partial charge in [0.15, 0.2) is 0 Å². The molecular formula is C16H15Br2NO2. The van der Waals surface area contributed by atoms with Crippen molar-refractivity contribution in [3.8, 4) is 0 Å². The maximum atomic E-state index is 12.6. The van der Waals surface area contributed by atoms with Gasteiger partial charge in [-0.1, -0.05) is 28.1 Å². The molecule has 3 nitrogen and oxygen atoms in total. The van der Waals surface area contributed by atoms with Crippen LogP contribution in [0.1, 0.15) is 40.3 Å². The topological polar surface area (TPSA) is 42.2 Å². The van der Waals surface area contributed by atoms with Gasteiger partial charge in [0.05, 0.1) is 15.6 Å². The summed E-state index contributed by atoms with van der Waals surface area (Å²) < 4.78 is 7.29. The number of carbonyl (C=O) groups is 1. The quantitative estimate of drug-likeness (QED) is 0.783. The molecule has 2 aromatic rings. The SMILES string of the molecule is Cc1oc(C)c(C(=O)NC2(c3ccc(Br)cc3)CC2)c1Br. The Labute approximate surface area is 140 Å². The Bertz CT molecular complexity index is 700. The van der Waals surface area contributed by atoms with Crippen molar-refractivity contribution in [3.05, 3.63) is 55.9 Å². The minimum atomic E-state index is -0.227. The van der Waals surface area contributed by atoms with Crippen molar-refractivity contribution in [1.29, 1.82) is 0 Å². The van der Waals surface area contributed by atoms with Gasteiger partial charge in [-0.3, -0.25) is 4.79 Å². The van der Waals surface area contributed by atoms with Gasteiger partial charge in [-0.15, -0.1) is 0 Å². The molecule has 1 heterocycles. The Morgan fingerprint density at radius 1 is 1.14 bits per heavy atom. The summed E-state index contributed by atoms with van der Waals surface area (Å²) in [4.78, 5) is 12.6. The van der Waals surface area contributed by atoms with Crippen molar-refractivity contribution in [2.45, 2.75) is 32.2 Å². The molecule has 5 heteroatoms. The number of benzene rings is 1. The molecule has 1 fully saturated rings. The van der Waals surface area contributed by atoms with E-state index in [4.69, 9.17) is 4.42 Å². The lowest BCUT2D eigenvalue weighted by Gasteiger charge is -2.18. The lowest BCUT2D eigenvalue weighted by molar-refractivity contribution is 0.0928. The van der Waals surface area contributed by atoms with Crippen LogP contribution >= 0.6 is 31.9 Å². The fraction of sp³-hybridized carbons (Fsp3) is 0.312. The smallest absolute Gasteiger partial charge is 0.256 e. The minimum absolute atomic E-state index is 0.0864. The van der Waals surface area contributed by atoms with E-state index >= 15 is 0 Å². The second-order valence-corrected chi connectivity index (χ2v) is 7.16. The summed E-state index contributed by atoms with van der Waals surface area (Å²) >= 11 is 6.87. The Balaban J connectivity index is 1.86. The highest BCUT2D eigenvalue weighted by Crippen LogP contribution is 2.46. The largest absolute Gasteiger partial charge is 0.465 e. The highest BCUT2D eigenvalue weighted by Gasteiger charge is 2.46. The van der Waals surface area contributed by atoms with Crippen molar-refractivity contribution < 1.29 is 9.21 Å².